The summed E-state index contributed by atoms with van der Waals surface area (Å²) < 4.78 is 5.29. The molecule has 2 aromatic carbocycles. The second-order valence-corrected chi connectivity index (χ2v) is 5.74. The predicted octanol–water partition coefficient (Wildman–Crippen LogP) is 4.02. The zero-order valence-electron chi connectivity index (χ0n) is 13.6. The number of furan rings is 1. The van der Waals surface area contributed by atoms with E-state index in [-0.39, 0.29) is 5.91 Å². The summed E-state index contributed by atoms with van der Waals surface area (Å²) in [7, 11) is 1.89. The summed E-state index contributed by atoms with van der Waals surface area (Å²) in [5, 5.41) is 2.92. The lowest BCUT2D eigenvalue weighted by Crippen LogP contribution is -2.29. The van der Waals surface area contributed by atoms with Gasteiger partial charge in [-0.3, -0.25) is 9.69 Å². The molecule has 0 saturated heterocycles. The maximum atomic E-state index is 12.1. The monoisotopic (exact) mass is 320 g/mol. The molecule has 4 heteroatoms. The number of hydrogen-bond acceptors (Lipinski definition) is 3. The molecule has 3 rings (SSSR count). The quantitative estimate of drug-likeness (QED) is 0.746. The zero-order valence-corrected chi connectivity index (χ0v) is 13.6. The number of benzene rings is 2. The molecule has 3 aromatic rings. The van der Waals surface area contributed by atoms with Gasteiger partial charge < -0.3 is 9.73 Å². The first-order chi connectivity index (χ1) is 11.7. The number of likely N-dealkylation sites (N-methyl/N-ethyl adjacent to an activating group) is 1. The number of anilines is 1. The minimum Gasteiger partial charge on any atom is -0.468 e. The summed E-state index contributed by atoms with van der Waals surface area (Å²) >= 11 is 0. The lowest BCUT2D eigenvalue weighted by molar-refractivity contribution is -0.117. The minimum atomic E-state index is -0.0449. The minimum absolute atomic E-state index is 0.0449. The number of rotatable bonds is 6. The summed E-state index contributed by atoms with van der Waals surface area (Å²) in [6.45, 7) is 0.911. The molecule has 1 aromatic heterocycles. The van der Waals surface area contributed by atoms with Gasteiger partial charge in [-0.1, -0.05) is 42.5 Å². The van der Waals surface area contributed by atoms with Crippen molar-refractivity contribution in [2.75, 3.05) is 18.9 Å². The van der Waals surface area contributed by atoms with Crippen LogP contribution >= 0.6 is 0 Å². The fourth-order valence-electron chi connectivity index (χ4n) is 2.55. The van der Waals surface area contributed by atoms with Gasteiger partial charge in [0.05, 0.1) is 19.4 Å². The maximum absolute atomic E-state index is 12.1. The van der Waals surface area contributed by atoms with E-state index in [0.717, 1.165) is 22.6 Å². The highest BCUT2D eigenvalue weighted by molar-refractivity contribution is 5.92. The molecule has 1 amide bonds. The van der Waals surface area contributed by atoms with Crippen LogP contribution in [0.1, 0.15) is 5.76 Å². The highest BCUT2D eigenvalue weighted by Gasteiger charge is 2.09. The fourth-order valence-corrected chi connectivity index (χ4v) is 2.55. The van der Waals surface area contributed by atoms with E-state index < -0.39 is 0 Å². The molecule has 1 N–H and O–H groups in total. The first kappa shape index (κ1) is 16.0. The number of nitrogens with one attached hydrogen (secondary N) is 1. The Hall–Kier alpha value is -2.85. The molecule has 0 saturated carbocycles. The van der Waals surface area contributed by atoms with E-state index in [1.807, 2.05) is 66.5 Å². The third-order valence-corrected chi connectivity index (χ3v) is 3.70. The van der Waals surface area contributed by atoms with Crippen LogP contribution in [0, 0.1) is 0 Å². The standard InChI is InChI=1S/C20H20N2O2/c1-22(14-19-8-5-13-24-19)15-20(23)21-18-11-9-17(10-12-18)16-6-3-2-4-7-16/h2-13H,14-15H2,1H3,(H,21,23). The number of carbonyl (C=O) groups excluding carboxylic acids is 1. The summed E-state index contributed by atoms with van der Waals surface area (Å²) in [6, 6.07) is 21.8. The predicted molar refractivity (Wildman–Crippen MR) is 95.5 cm³/mol. The van der Waals surface area contributed by atoms with Crippen molar-refractivity contribution in [3.05, 3.63) is 78.8 Å². The Morgan fingerprint density at radius 1 is 0.958 bits per heavy atom. The largest absolute Gasteiger partial charge is 0.468 e. The topological polar surface area (TPSA) is 45.5 Å². The molecule has 4 nitrogen and oxygen atoms in total. The van der Waals surface area contributed by atoms with Crippen LogP contribution in [0.4, 0.5) is 5.69 Å². The highest BCUT2D eigenvalue weighted by atomic mass is 16.3. The van der Waals surface area contributed by atoms with E-state index in [1.165, 1.54) is 0 Å². The third kappa shape index (κ3) is 4.33. The van der Waals surface area contributed by atoms with Crippen molar-refractivity contribution >= 4 is 11.6 Å². The van der Waals surface area contributed by atoms with Crippen LogP contribution in [-0.4, -0.2) is 24.4 Å². The van der Waals surface area contributed by atoms with Gasteiger partial charge in [0.1, 0.15) is 5.76 Å². The SMILES string of the molecule is CN(CC(=O)Nc1ccc(-c2ccccc2)cc1)Cc1ccco1. The van der Waals surface area contributed by atoms with E-state index in [0.29, 0.717) is 13.1 Å². The van der Waals surface area contributed by atoms with Crippen molar-refractivity contribution in [2.45, 2.75) is 6.54 Å². The highest BCUT2D eigenvalue weighted by Crippen LogP contribution is 2.20. The van der Waals surface area contributed by atoms with Crippen molar-refractivity contribution < 1.29 is 9.21 Å². The summed E-state index contributed by atoms with van der Waals surface area (Å²) in [4.78, 5) is 14.0. The van der Waals surface area contributed by atoms with Gasteiger partial charge in [-0.25, -0.2) is 0 Å². The Bertz CT molecular complexity index is 765. The van der Waals surface area contributed by atoms with Gasteiger partial charge in [0.25, 0.3) is 0 Å². The number of amides is 1. The number of hydrogen-bond donors (Lipinski definition) is 1. The van der Waals surface area contributed by atoms with Crippen LogP contribution in [0.3, 0.4) is 0 Å². The zero-order chi connectivity index (χ0) is 16.8. The Balaban J connectivity index is 1.54. The van der Waals surface area contributed by atoms with Crippen LogP contribution in [0.25, 0.3) is 11.1 Å². The summed E-state index contributed by atoms with van der Waals surface area (Å²) in [5.41, 5.74) is 3.09. The Morgan fingerprint density at radius 2 is 1.67 bits per heavy atom. The summed E-state index contributed by atoms with van der Waals surface area (Å²) in [6.07, 6.45) is 1.64. The molecule has 0 fully saturated rings. The molecule has 24 heavy (non-hydrogen) atoms. The van der Waals surface area contributed by atoms with Crippen molar-refractivity contribution in [2.24, 2.45) is 0 Å². The van der Waals surface area contributed by atoms with E-state index in [2.05, 4.69) is 17.4 Å². The molecule has 122 valence electrons. The lowest BCUT2D eigenvalue weighted by atomic mass is 10.1. The fraction of sp³-hybridized carbons (Fsp3) is 0.150. The van der Waals surface area contributed by atoms with E-state index >= 15 is 0 Å². The van der Waals surface area contributed by atoms with Gasteiger partial charge in [-0.15, -0.1) is 0 Å². The Kier molecular flexibility index (Phi) is 5.08. The molecule has 0 unspecified atom stereocenters. The van der Waals surface area contributed by atoms with Gasteiger partial charge in [0, 0.05) is 5.69 Å². The second kappa shape index (κ2) is 7.62. The molecular weight excluding hydrogens is 300 g/mol. The molecule has 0 bridgehead atoms. The molecule has 0 aliphatic rings. The van der Waals surface area contributed by atoms with E-state index in [9.17, 15) is 4.79 Å². The lowest BCUT2D eigenvalue weighted by Gasteiger charge is -2.15. The first-order valence-electron chi connectivity index (χ1n) is 7.87. The Labute approximate surface area is 141 Å². The van der Waals surface area contributed by atoms with Crippen molar-refractivity contribution in [3.8, 4) is 11.1 Å². The number of nitrogens with zero attached hydrogens (tertiary/aromatic N) is 1. The first-order valence-corrected chi connectivity index (χ1v) is 7.87. The maximum Gasteiger partial charge on any atom is 0.238 e. The average molecular weight is 320 g/mol. The normalized spacial score (nSPS) is 10.8. The smallest absolute Gasteiger partial charge is 0.238 e. The van der Waals surface area contributed by atoms with E-state index in [4.69, 9.17) is 4.42 Å². The van der Waals surface area contributed by atoms with Gasteiger partial charge in [0.2, 0.25) is 5.91 Å². The Morgan fingerprint density at radius 3 is 2.33 bits per heavy atom. The molecule has 0 aliphatic carbocycles. The van der Waals surface area contributed by atoms with Gasteiger partial charge in [-0.05, 0) is 42.4 Å². The van der Waals surface area contributed by atoms with Crippen molar-refractivity contribution in [3.63, 3.8) is 0 Å². The molecule has 0 aliphatic heterocycles. The van der Waals surface area contributed by atoms with Gasteiger partial charge in [-0.2, -0.15) is 0 Å². The number of carbonyl (C=O) groups is 1. The molecule has 0 spiro atoms. The second-order valence-electron chi connectivity index (χ2n) is 5.74. The molecular formula is C20H20N2O2. The average Bonchev–Trinajstić information content (AvgIpc) is 3.09. The van der Waals surface area contributed by atoms with Crippen molar-refractivity contribution in [1.82, 2.24) is 4.90 Å². The van der Waals surface area contributed by atoms with Crippen LogP contribution in [-0.2, 0) is 11.3 Å². The van der Waals surface area contributed by atoms with Gasteiger partial charge in [0.15, 0.2) is 0 Å². The van der Waals surface area contributed by atoms with Crippen LogP contribution < -0.4 is 5.32 Å². The van der Waals surface area contributed by atoms with E-state index in [1.54, 1.807) is 6.26 Å². The van der Waals surface area contributed by atoms with Gasteiger partial charge >= 0.3 is 0 Å². The molecule has 0 radical (unpaired) electrons. The molecule has 0 atom stereocenters. The van der Waals surface area contributed by atoms with Crippen LogP contribution in [0.15, 0.2) is 77.4 Å². The summed E-state index contributed by atoms with van der Waals surface area (Å²) in [5.74, 6) is 0.800. The third-order valence-electron chi connectivity index (χ3n) is 3.70. The van der Waals surface area contributed by atoms with Crippen molar-refractivity contribution in [1.29, 1.82) is 0 Å². The van der Waals surface area contributed by atoms with Crippen LogP contribution in [0.2, 0.25) is 0 Å². The molecule has 1 heterocycles. The van der Waals surface area contributed by atoms with Crippen LogP contribution in [0.5, 0.6) is 0 Å².